The molecule has 4 heteroatoms. The largest absolute Gasteiger partial charge is 1.00 e. The fraction of sp³-hybridized carbons (Fsp3) is 0.333. The zero-order valence-corrected chi connectivity index (χ0v) is 14.9. The molecule has 3 atom stereocenters. The summed E-state index contributed by atoms with van der Waals surface area (Å²) < 4.78 is 6.76. The summed E-state index contributed by atoms with van der Waals surface area (Å²) in [5.74, 6) is 0.828. The van der Waals surface area contributed by atoms with Crippen LogP contribution in [0.4, 0.5) is 0 Å². The Kier molecular flexibility index (Phi) is 5.83. The fourth-order valence-electron chi connectivity index (χ4n) is 3.14. The molecule has 0 bridgehead atoms. The number of aliphatic hydroxyl groups excluding tert-OH is 1. The van der Waals surface area contributed by atoms with Crippen LogP contribution in [0.2, 0.25) is 0 Å². The number of rotatable bonds is 4. The van der Waals surface area contributed by atoms with E-state index in [1.807, 2.05) is 36.4 Å². The van der Waals surface area contributed by atoms with Gasteiger partial charge in [0, 0.05) is 5.56 Å². The van der Waals surface area contributed by atoms with Gasteiger partial charge >= 0.3 is 0 Å². The highest BCUT2D eigenvalue weighted by Crippen LogP contribution is 2.25. The molecule has 0 amide bonds. The van der Waals surface area contributed by atoms with Gasteiger partial charge < -0.3 is 38.3 Å². The van der Waals surface area contributed by atoms with Crippen LogP contribution >= 0.6 is 0 Å². The molecule has 1 unspecified atom stereocenters. The van der Waals surface area contributed by atoms with E-state index in [-0.39, 0.29) is 30.1 Å². The predicted octanol–water partition coefficient (Wildman–Crippen LogP) is -0.541. The molecule has 1 aliphatic rings. The normalized spacial score (nSPS) is 27.2. The number of quaternary nitrogens is 1. The third-order valence-corrected chi connectivity index (χ3v) is 4.12. The lowest BCUT2D eigenvalue weighted by Crippen LogP contribution is -3.00. The molecule has 3 rings (SSSR count). The van der Waals surface area contributed by atoms with Crippen LogP contribution in [0.5, 0.6) is 5.75 Å². The van der Waals surface area contributed by atoms with Gasteiger partial charge in [-0.25, -0.2) is 0 Å². The molecule has 3 nitrogen and oxygen atoms in total. The Hall–Kier alpha value is -1.11. The van der Waals surface area contributed by atoms with Crippen LogP contribution in [0.25, 0.3) is 0 Å². The molecule has 0 aliphatic carbocycles. The van der Waals surface area contributed by atoms with E-state index in [1.54, 1.807) is 0 Å². The maximum absolute atomic E-state index is 10.3. The summed E-state index contributed by atoms with van der Waals surface area (Å²) in [6, 6.07) is 20.2. The van der Waals surface area contributed by atoms with E-state index >= 15 is 0 Å². The second-order valence-corrected chi connectivity index (χ2v) is 6.17. The number of hydrogen-bond acceptors (Lipinski definition) is 2. The van der Waals surface area contributed by atoms with Crippen molar-refractivity contribution in [3.8, 4) is 5.75 Å². The summed E-state index contributed by atoms with van der Waals surface area (Å²) in [4.78, 5) is 0. The molecular weight excluding hydrogens is 389 g/mol. The van der Waals surface area contributed by atoms with Gasteiger partial charge in [0.1, 0.15) is 31.5 Å². The average Bonchev–Trinajstić information content (AvgIpc) is 2.75. The van der Waals surface area contributed by atoms with E-state index in [2.05, 4.69) is 31.3 Å². The Bertz CT molecular complexity index is 578. The Morgan fingerprint density at radius 1 is 1.00 bits per heavy atom. The molecule has 1 saturated heterocycles. The first kappa shape index (κ1) is 17.2. The minimum absolute atomic E-state index is 0. The Balaban J connectivity index is 0.00000176. The molecule has 0 spiro atoms. The van der Waals surface area contributed by atoms with Crippen molar-refractivity contribution in [3.63, 3.8) is 0 Å². The van der Waals surface area contributed by atoms with Gasteiger partial charge in [0.2, 0.25) is 0 Å². The molecule has 0 saturated carbocycles. The zero-order chi connectivity index (χ0) is 14.7. The lowest BCUT2D eigenvalue weighted by molar-refractivity contribution is -0.913. The SMILES string of the molecule is C[N+]1(Cc2ccccc2)C[C@@H](O)[C@H](Oc2ccccc2)C1.[I-]. The second-order valence-electron chi connectivity index (χ2n) is 6.17. The minimum Gasteiger partial charge on any atom is -1.00 e. The van der Waals surface area contributed by atoms with Crippen LogP contribution in [0.15, 0.2) is 60.7 Å². The van der Waals surface area contributed by atoms with Gasteiger partial charge in [-0.3, -0.25) is 0 Å². The van der Waals surface area contributed by atoms with Gasteiger partial charge in [-0.15, -0.1) is 0 Å². The summed E-state index contributed by atoms with van der Waals surface area (Å²) in [5, 5.41) is 10.3. The molecule has 2 aromatic rings. The number of likely N-dealkylation sites (tertiary alicyclic amines) is 1. The van der Waals surface area contributed by atoms with E-state index in [0.29, 0.717) is 0 Å². The summed E-state index contributed by atoms with van der Waals surface area (Å²) in [5.41, 5.74) is 1.30. The van der Waals surface area contributed by atoms with E-state index in [4.69, 9.17) is 4.74 Å². The van der Waals surface area contributed by atoms with E-state index in [0.717, 1.165) is 29.9 Å². The highest BCUT2D eigenvalue weighted by molar-refractivity contribution is 5.21. The molecule has 22 heavy (non-hydrogen) atoms. The maximum atomic E-state index is 10.3. The number of para-hydroxylation sites is 1. The van der Waals surface area contributed by atoms with Crippen molar-refractivity contribution in [1.82, 2.24) is 0 Å². The van der Waals surface area contributed by atoms with Crippen molar-refractivity contribution in [2.45, 2.75) is 18.8 Å². The van der Waals surface area contributed by atoms with Gasteiger partial charge in [0.15, 0.2) is 6.10 Å². The molecule has 118 valence electrons. The number of likely N-dealkylation sites (N-methyl/N-ethyl adjacent to an activating group) is 1. The number of halogens is 1. The first-order valence-electron chi connectivity index (χ1n) is 7.42. The topological polar surface area (TPSA) is 29.5 Å². The van der Waals surface area contributed by atoms with Gasteiger partial charge in [-0.05, 0) is 12.1 Å². The van der Waals surface area contributed by atoms with Crippen LogP contribution in [-0.4, -0.2) is 41.9 Å². The maximum Gasteiger partial charge on any atom is 0.178 e. The monoisotopic (exact) mass is 411 g/mol. The lowest BCUT2D eigenvalue weighted by Gasteiger charge is -2.29. The molecule has 1 aliphatic heterocycles. The molecule has 0 radical (unpaired) electrons. The number of benzene rings is 2. The third-order valence-electron chi connectivity index (χ3n) is 4.12. The van der Waals surface area contributed by atoms with Crippen molar-refractivity contribution in [3.05, 3.63) is 66.2 Å². The fourth-order valence-corrected chi connectivity index (χ4v) is 3.14. The first-order chi connectivity index (χ1) is 10.1. The number of hydrogen-bond donors (Lipinski definition) is 1. The van der Waals surface area contributed by atoms with Crippen molar-refractivity contribution >= 4 is 0 Å². The summed E-state index contributed by atoms with van der Waals surface area (Å²) in [6.45, 7) is 2.48. The molecule has 2 aromatic carbocycles. The average molecular weight is 411 g/mol. The van der Waals surface area contributed by atoms with Crippen molar-refractivity contribution in [2.75, 3.05) is 20.1 Å². The molecule has 1 heterocycles. The lowest BCUT2D eigenvalue weighted by atomic mass is 10.2. The smallest absolute Gasteiger partial charge is 0.178 e. The summed E-state index contributed by atoms with van der Waals surface area (Å²) >= 11 is 0. The standard InChI is InChI=1S/C18H22NO2.HI/c1-19(12-15-8-4-2-5-9-15)13-17(20)18(14-19)21-16-10-6-3-7-11-16;/h2-11,17-18,20H,12-14H2,1H3;1H/q+1;/p-1/t17-,18-,19?;/m1./s1. The van der Waals surface area contributed by atoms with E-state index in [9.17, 15) is 5.11 Å². The number of nitrogens with zero attached hydrogens (tertiary/aromatic N) is 1. The number of aliphatic hydroxyl groups is 1. The van der Waals surface area contributed by atoms with Gasteiger partial charge in [0.25, 0.3) is 0 Å². The Labute approximate surface area is 149 Å². The number of ether oxygens (including phenoxy) is 1. The van der Waals surface area contributed by atoms with Gasteiger partial charge in [0.05, 0.1) is 7.05 Å². The zero-order valence-electron chi connectivity index (χ0n) is 12.7. The van der Waals surface area contributed by atoms with Crippen molar-refractivity contribution in [1.29, 1.82) is 0 Å². The summed E-state index contributed by atoms with van der Waals surface area (Å²) in [7, 11) is 2.19. The van der Waals surface area contributed by atoms with Gasteiger partial charge in [-0.2, -0.15) is 0 Å². The third kappa shape index (κ3) is 4.21. The summed E-state index contributed by atoms with van der Waals surface area (Å²) in [6.07, 6.45) is -0.556. The van der Waals surface area contributed by atoms with Crippen molar-refractivity contribution < 1.29 is 38.3 Å². The van der Waals surface area contributed by atoms with Gasteiger partial charge in [-0.1, -0.05) is 48.5 Å². The Morgan fingerprint density at radius 3 is 2.23 bits per heavy atom. The van der Waals surface area contributed by atoms with Crippen LogP contribution in [0.1, 0.15) is 5.56 Å². The highest BCUT2D eigenvalue weighted by Gasteiger charge is 2.43. The van der Waals surface area contributed by atoms with Crippen LogP contribution in [0.3, 0.4) is 0 Å². The minimum atomic E-state index is -0.418. The van der Waals surface area contributed by atoms with Crippen LogP contribution in [-0.2, 0) is 6.54 Å². The molecule has 1 N–H and O–H groups in total. The van der Waals surface area contributed by atoms with E-state index in [1.165, 1.54) is 5.56 Å². The second kappa shape index (κ2) is 7.44. The van der Waals surface area contributed by atoms with Crippen LogP contribution < -0.4 is 28.7 Å². The predicted molar refractivity (Wildman–Crippen MR) is 82.9 cm³/mol. The quantitative estimate of drug-likeness (QED) is 0.541. The first-order valence-corrected chi connectivity index (χ1v) is 7.42. The van der Waals surface area contributed by atoms with Crippen LogP contribution in [0, 0.1) is 0 Å². The molecular formula is C18H22INO2. The Morgan fingerprint density at radius 2 is 1.59 bits per heavy atom. The molecule has 0 aromatic heterocycles. The van der Waals surface area contributed by atoms with Crippen molar-refractivity contribution in [2.24, 2.45) is 0 Å². The van der Waals surface area contributed by atoms with E-state index < -0.39 is 6.10 Å². The highest BCUT2D eigenvalue weighted by atomic mass is 127. The molecule has 1 fully saturated rings.